The van der Waals surface area contributed by atoms with Crippen molar-refractivity contribution in [1.82, 2.24) is 0 Å². The van der Waals surface area contributed by atoms with Crippen molar-refractivity contribution in [3.8, 4) is 0 Å². The van der Waals surface area contributed by atoms with E-state index in [0.717, 1.165) is 18.4 Å². The molecule has 0 aromatic rings. The molecule has 1 atom stereocenters. The van der Waals surface area contributed by atoms with E-state index in [1.807, 2.05) is 6.92 Å². The van der Waals surface area contributed by atoms with Crippen LogP contribution in [0.15, 0.2) is 34.9 Å². The van der Waals surface area contributed by atoms with E-state index >= 15 is 0 Å². The molecule has 0 amide bonds. The van der Waals surface area contributed by atoms with E-state index in [9.17, 15) is 19.8 Å². The van der Waals surface area contributed by atoms with Gasteiger partial charge in [0.25, 0.3) is 0 Å². The molecule has 27 heavy (non-hydrogen) atoms. The number of aliphatic carboxylic acids is 2. The van der Waals surface area contributed by atoms with Crippen molar-refractivity contribution in [3.05, 3.63) is 34.9 Å². The predicted octanol–water partition coefficient (Wildman–Crippen LogP) is -3.05. The first-order valence-electron chi connectivity index (χ1n) is 8.86. The number of hydrogen-bond acceptors (Lipinski definition) is 4. The maximum Gasteiger partial charge on any atom is 1.00 e. The van der Waals surface area contributed by atoms with Gasteiger partial charge in [0, 0.05) is 5.41 Å². The maximum atomic E-state index is 12.4. The summed E-state index contributed by atoms with van der Waals surface area (Å²) in [7, 11) is 0. The number of carboxylic acid groups (broad SMARTS) is 2. The van der Waals surface area contributed by atoms with E-state index in [2.05, 4.69) is 0 Å². The molecular weight excluding hydrogens is 362 g/mol. The average Bonchev–Trinajstić information content (AvgIpc) is 2.43. The molecule has 0 aliphatic heterocycles. The molecule has 142 valence electrons. The second kappa shape index (κ2) is 14.2. The summed E-state index contributed by atoms with van der Waals surface area (Å²) in [5.74, 6) is -2.81. The van der Waals surface area contributed by atoms with Crippen molar-refractivity contribution in [2.75, 3.05) is 0 Å². The van der Waals surface area contributed by atoms with Gasteiger partial charge in [-0.15, -0.1) is 0 Å². The third kappa shape index (κ3) is 8.59. The van der Waals surface area contributed by atoms with Crippen LogP contribution in [0.1, 0.15) is 74.1 Å². The van der Waals surface area contributed by atoms with Crippen molar-refractivity contribution in [2.45, 2.75) is 74.1 Å². The number of carbonyl (C=O) groups is 2. The molecule has 0 radical (unpaired) electrons. The van der Waals surface area contributed by atoms with Gasteiger partial charge in [0.1, 0.15) is 0 Å². The molecule has 0 N–H and O–H groups in total. The quantitative estimate of drug-likeness (QED) is 0.224. The summed E-state index contributed by atoms with van der Waals surface area (Å²) in [6.07, 6.45) is 7.02. The van der Waals surface area contributed by atoms with Gasteiger partial charge < -0.3 is 19.8 Å². The molecule has 0 saturated heterocycles. The Bertz CT molecular complexity index is 561. The van der Waals surface area contributed by atoms with Crippen molar-refractivity contribution >= 4 is 11.9 Å². The van der Waals surface area contributed by atoms with Crippen molar-refractivity contribution in [3.63, 3.8) is 0 Å². The monoisotopic (exact) mass is 394 g/mol. The standard InChI is InChI=1S/C21H34O4.2Na/c1-8-9-10-11-20(18(22)23,12-15(2)3)21(19(24)25,13-16(4)5)14-17(6)7;;/h12-14H,8-11H2,1-7H3,(H,22,23)(H,24,25);;/q;2*+1/p-2. The maximum absolute atomic E-state index is 12.4. The number of unbranched alkanes of at least 4 members (excludes halogenated alkanes) is 2. The topological polar surface area (TPSA) is 80.3 Å². The summed E-state index contributed by atoms with van der Waals surface area (Å²) >= 11 is 0. The van der Waals surface area contributed by atoms with Crippen molar-refractivity contribution < 1.29 is 78.9 Å². The number of allylic oxidation sites excluding steroid dienone is 3. The summed E-state index contributed by atoms with van der Waals surface area (Å²) in [6, 6.07) is 0. The van der Waals surface area contributed by atoms with Gasteiger partial charge in [-0.2, -0.15) is 0 Å². The molecule has 0 bridgehead atoms. The van der Waals surface area contributed by atoms with Crippen LogP contribution < -0.4 is 69.3 Å². The Morgan fingerprint density at radius 2 is 1.15 bits per heavy atom. The van der Waals surface area contributed by atoms with Gasteiger partial charge in [0.05, 0.1) is 17.4 Å². The summed E-state index contributed by atoms with van der Waals surface area (Å²) in [6.45, 7) is 12.6. The molecule has 1 unspecified atom stereocenters. The first-order chi connectivity index (χ1) is 11.4. The van der Waals surface area contributed by atoms with E-state index in [4.69, 9.17) is 0 Å². The molecule has 0 aromatic heterocycles. The van der Waals surface area contributed by atoms with Crippen molar-refractivity contribution in [2.24, 2.45) is 10.8 Å². The molecule has 0 spiro atoms. The third-order valence-electron chi connectivity index (χ3n) is 4.18. The van der Waals surface area contributed by atoms with Crippen LogP contribution in [-0.4, -0.2) is 11.9 Å². The third-order valence-corrected chi connectivity index (χ3v) is 4.18. The largest absolute Gasteiger partial charge is 1.00 e. The molecule has 0 saturated carbocycles. The number of rotatable bonds is 10. The number of hydrogen-bond donors (Lipinski definition) is 0. The van der Waals surface area contributed by atoms with E-state index < -0.39 is 22.8 Å². The summed E-state index contributed by atoms with van der Waals surface area (Å²) < 4.78 is 0. The predicted molar refractivity (Wildman–Crippen MR) is 97.3 cm³/mol. The number of carboxylic acids is 2. The fraction of sp³-hybridized carbons (Fsp3) is 0.619. The fourth-order valence-corrected chi connectivity index (χ4v) is 3.38. The minimum absolute atomic E-state index is 0. The van der Waals surface area contributed by atoms with Gasteiger partial charge in [-0.3, -0.25) is 0 Å². The molecule has 0 aliphatic rings. The van der Waals surface area contributed by atoms with E-state index in [-0.39, 0.29) is 65.5 Å². The average molecular weight is 394 g/mol. The first kappa shape index (κ1) is 31.8. The molecular formula is C21H32Na2O4. The van der Waals surface area contributed by atoms with Crippen molar-refractivity contribution in [1.29, 1.82) is 0 Å². The normalized spacial score (nSPS) is 12.4. The Balaban J connectivity index is -0.00000288. The van der Waals surface area contributed by atoms with Crippen LogP contribution in [0.25, 0.3) is 0 Å². The smallest absolute Gasteiger partial charge is 0.549 e. The van der Waals surface area contributed by atoms with E-state index in [1.54, 1.807) is 41.5 Å². The number of carbonyl (C=O) groups excluding carboxylic acids is 2. The Morgan fingerprint density at radius 3 is 1.41 bits per heavy atom. The zero-order chi connectivity index (χ0) is 19.8. The summed E-state index contributed by atoms with van der Waals surface area (Å²) in [5.41, 5.74) is -1.34. The van der Waals surface area contributed by atoms with Crippen LogP contribution in [0.2, 0.25) is 0 Å². The van der Waals surface area contributed by atoms with Gasteiger partial charge in [-0.05, 0) is 48.0 Å². The van der Waals surface area contributed by atoms with Crippen LogP contribution in [0.4, 0.5) is 0 Å². The summed E-state index contributed by atoms with van der Waals surface area (Å²) in [5, 5.41) is 24.7. The van der Waals surface area contributed by atoms with Gasteiger partial charge in [0.2, 0.25) is 0 Å². The Kier molecular flexibility index (Phi) is 16.7. The summed E-state index contributed by atoms with van der Waals surface area (Å²) in [4.78, 5) is 24.7. The molecule has 0 heterocycles. The fourth-order valence-electron chi connectivity index (χ4n) is 3.38. The first-order valence-corrected chi connectivity index (χ1v) is 8.86. The van der Waals surface area contributed by atoms with Crippen LogP contribution in [0.5, 0.6) is 0 Å². The van der Waals surface area contributed by atoms with Gasteiger partial charge in [-0.1, -0.05) is 61.1 Å². The van der Waals surface area contributed by atoms with Gasteiger partial charge in [0.15, 0.2) is 0 Å². The molecule has 0 fully saturated rings. The van der Waals surface area contributed by atoms with Gasteiger partial charge >= 0.3 is 59.1 Å². The second-order valence-electron chi connectivity index (χ2n) is 7.54. The van der Waals surface area contributed by atoms with Crippen LogP contribution in [-0.2, 0) is 9.59 Å². The minimum atomic E-state index is -1.80. The van der Waals surface area contributed by atoms with Crippen LogP contribution in [0.3, 0.4) is 0 Å². The van der Waals surface area contributed by atoms with E-state index in [0.29, 0.717) is 17.6 Å². The molecule has 6 heteroatoms. The van der Waals surface area contributed by atoms with Crippen LogP contribution in [0, 0.1) is 10.8 Å². The Labute approximate surface area is 209 Å². The zero-order valence-corrected chi connectivity index (χ0v) is 22.7. The van der Waals surface area contributed by atoms with Gasteiger partial charge in [-0.25, -0.2) is 0 Å². The molecule has 0 aromatic carbocycles. The zero-order valence-electron chi connectivity index (χ0n) is 18.7. The minimum Gasteiger partial charge on any atom is -0.549 e. The Hall–Kier alpha value is 0.160. The molecule has 0 aliphatic carbocycles. The Morgan fingerprint density at radius 1 is 0.741 bits per heavy atom. The van der Waals surface area contributed by atoms with Crippen LogP contribution >= 0.6 is 0 Å². The van der Waals surface area contributed by atoms with E-state index in [1.165, 1.54) is 18.2 Å². The molecule has 0 rings (SSSR count). The SMILES string of the molecule is CCCCCC(C=C(C)C)(C(=O)[O-])C(C=C(C)C)(C=C(C)C)C(=O)[O-].[Na+].[Na+]. The second-order valence-corrected chi connectivity index (χ2v) is 7.54. The molecule has 4 nitrogen and oxygen atoms in total.